The summed E-state index contributed by atoms with van der Waals surface area (Å²) in [6.07, 6.45) is 1.46. The second-order valence-electron chi connectivity index (χ2n) is 3.35. The van der Waals surface area contributed by atoms with Crippen molar-refractivity contribution in [3.05, 3.63) is 30.2 Å². The van der Waals surface area contributed by atoms with Crippen molar-refractivity contribution in [2.75, 3.05) is 13.7 Å². The molecule has 0 saturated heterocycles. The van der Waals surface area contributed by atoms with Gasteiger partial charge in [-0.3, -0.25) is 4.90 Å². The van der Waals surface area contributed by atoms with Gasteiger partial charge in [-0.15, -0.1) is 0 Å². The third-order valence-electron chi connectivity index (χ3n) is 2.16. The van der Waals surface area contributed by atoms with E-state index in [1.807, 2.05) is 30.1 Å². The Morgan fingerprint density at radius 3 is 3.14 bits per heavy atom. The van der Waals surface area contributed by atoms with Crippen LogP contribution < -0.4 is 5.73 Å². The first-order valence-electron chi connectivity index (χ1n) is 4.50. The Kier molecular flexibility index (Phi) is 2.47. The Balaban J connectivity index is 2.25. The summed E-state index contributed by atoms with van der Waals surface area (Å²) in [5, 5.41) is 0. The van der Waals surface area contributed by atoms with Gasteiger partial charge < -0.3 is 10.2 Å². The quantitative estimate of drug-likeness (QED) is 0.740. The zero-order valence-electron chi connectivity index (χ0n) is 8.10. The average molecular weight is 191 g/mol. The molecule has 0 radical (unpaired) electrons. The van der Waals surface area contributed by atoms with Crippen molar-refractivity contribution in [3.63, 3.8) is 0 Å². The average Bonchev–Trinajstić information content (AvgIpc) is 2.64. The molecule has 2 N–H and O–H groups in total. The molecule has 0 aliphatic heterocycles. The van der Waals surface area contributed by atoms with Gasteiger partial charge in [-0.1, -0.05) is 6.07 Å². The fourth-order valence-electron chi connectivity index (χ4n) is 1.37. The molecule has 2 aromatic rings. The Labute approximate surface area is 82.3 Å². The first kappa shape index (κ1) is 9.18. The predicted molar refractivity (Wildman–Crippen MR) is 54.5 cm³/mol. The molecule has 0 amide bonds. The summed E-state index contributed by atoms with van der Waals surface area (Å²) in [4.78, 5) is 6.08. The van der Waals surface area contributed by atoms with Crippen molar-refractivity contribution in [3.8, 4) is 0 Å². The maximum absolute atomic E-state index is 5.50. The van der Waals surface area contributed by atoms with Gasteiger partial charge in [0.2, 0.25) is 0 Å². The van der Waals surface area contributed by atoms with Crippen LogP contribution in [0.15, 0.2) is 29.0 Å². The molecule has 0 saturated carbocycles. The van der Waals surface area contributed by atoms with E-state index in [1.54, 1.807) is 0 Å². The van der Waals surface area contributed by atoms with Gasteiger partial charge in [0.25, 0.3) is 0 Å². The first-order chi connectivity index (χ1) is 6.79. The molecule has 0 fully saturated rings. The van der Waals surface area contributed by atoms with E-state index in [4.69, 9.17) is 10.2 Å². The highest BCUT2D eigenvalue weighted by Gasteiger charge is 2.02. The molecular formula is C10H13N3O. The largest absolute Gasteiger partial charge is 0.443 e. The van der Waals surface area contributed by atoms with Crippen LogP contribution in [0.3, 0.4) is 0 Å². The molecule has 0 unspecified atom stereocenters. The molecule has 1 aromatic heterocycles. The highest BCUT2D eigenvalue weighted by atomic mass is 16.3. The first-order valence-corrected chi connectivity index (χ1v) is 4.50. The Morgan fingerprint density at radius 2 is 2.36 bits per heavy atom. The van der Waals surface area contributed by atoms with E-state index in [-0.39, 0.29) is 0 Å². The molecule has 0 bridgehead atoms. The lowest BCUT2D eigenvalue weighted by Crippen LogP contribution is -2.24. The van der Waals surface area contributed by atoms with E-state index in [0.717, 1.165) is 17.6 Å². The van der Waals surface area contributed by atoms with Crippen LogP contribution in [-0.4, -0.2) is 23.6 Å². The van der Waals surface area contributed by atoms with Crippen LogP contribution in [0.25, 0.3) is 11.1 Å². The molecule has 14 heavy (non-hydrogen) atoms. The fourth-order valence-corrected chi connectivity index (χ4v) is 1.37. The molecule has 4 heteroatoms. The molecule has 0 aliphatic carbocycles. The molecule has 0 spiro atoms. The van der Waals surface area contributed by atoms with E-state index < -0.39 is 0 Å². The zero-order chi connectivity index (χ0) is 9.97. The van der Waals surface area contributed by atoms with Crippen molar-refractivity contribution in [2.45, 2.75) is 6.54 Å². The SMILES string of the molecule is CN(CN)Cc1ccc2ncoc2c1. The number of aromatic nitrogens is 1. The summed E-state index contributed by atoms with van der Waals surface area (Å²) in [6, 6.07) is 5.99. The number of hydrogen-bond acceptors (Lipinski definition) is 4. The standard InChI is InChI=1S/C10H13N3O/c1-13(6-11)5-8-2-3-9-10(4-8)14-7-12-9/h2-4,7H,5-6,11H2,1H3. The van der Waals surface area contributed by atoms with Gasteiger partial charge in [0.15, 0.2) is 12.0 Å². The normalized spacial score (nSPS) is 11.4. The summed E-state index contributed by atoms with van der Waals surface area (Å²) >= 11 is 0. The number of nitrogens with two attached hydrogens (primary N) is 1. The van der Waals surface area contributed by atoms with Crippen molar-refractivity contribution in [1.29, 1.82) is 0 Å². The molecule has 0 aliphatic rings. The van der Waals surface area contributed by atoms with E-state index in [9.17, 15) is 0 Å². The number of nitrogens with zero attached hydrogens (tertiary/aromatic N) is 2. The van der Waals surface area contributed by atoms with Crippen molar-refractivity contribution >= 4 is 11.1 Å². The van der Waals surface area contributed by atoms with Gasteiger partial charge in [0.05, 0.1) is 0 Å². The monoisotopic (exact) mass is 191 g/mol. The van der Waals surface area contributed by atoms with Crippen LogP contribution in [0.1, 0.15) is 5.56 Å². The number of rotatable bonds is 3. The van der Waals surface area contributed by atoms with Gasteiger partial charge in [0.1, 0.15) is 5.52 Å². The van der Waals surface area contributed by atoms with Gasteiger partial charge in [-0.2, -0.15) is 0 Å². The van der Waals surface area contributed by atoms with Crippen LogP contribution in [0, 0.1) is 0 Å². The summed E-state index contributed by atoms with van der Waals surface area (Å²) in [5.41, 5.74) is 8.40. The lowest BCUT2D eigenvalue weighted by molar-refractivity contribution is 0.337. The van der Waals surface area contributed by atoms with Crippen molar-refractivity contribution in [2.24, 2.45) is 5.73 Å². The molecule has 74 valence electrons. The van der Waals surface area contributed by atoms with Crippen LogP contribution in [0.4, 0.5) is 0 Å². The maximum Gasteiger partial charge on any atom is 0.181 e. The molecule has 1 aromatic carbocycles. The summed E-state index contributed by atoms with van der Waals surface area (Å²) < 4.78 is 5.21. The van der Waals surface area contributed by atoms with Crippen molar-refractivity contribution in [1.82, 2.24) is 9.88 Å². The second-order valence-corrected chi connectivity index (χ2v) is 3.35. The highest BCUT2D eigenvalue weighted by molar-refractivity contribution is 5.72. The molecule has 4 nitrogen and oxygen atoms in total. The Morgan fingerprint density at radius 1 is 1.50 bits per heavy atom. The minimum absolute atomic E-state index is 0.550. The molecular weight excluding hydrogens is 178 g/mol. The van der Waals surface area contributed by atoms with E-state index in [2.05, 4.69) is 4.98 Å². The smallest absolute Gasteiger partial charge is 0.181 e. The Hall–Kier alpha value is -1.39. The van der Waals surface area contributed by atoms with Crippen LogP contribution >= 0.6 is 0 Å². The van der Waals surface area contributed by atoms with Crippen LogP contribution in [0.5, 0.6) is 0 Å². The zero-order valence-corrected chi connectivity index (χ0v) is 8.10. The summed E-state index contributed by atoms with van der Waals surface area (Å²) in [5.74, 6) is 0. The van der Waals surface area contributed by atoms with Gasteiger partial charge in [0, 0.05) is 13.2 Å². The summed E-state index contributed by atoms with van der Waals surface area (Å²) in [6.45, 7) is 1.38. The lowest BCUT2D eigenvalue weighted by atomic mass is 10.2. The van der Waals surface area contributed by atoms with E-state index in [0.29, 0.717) is 6.67 Å². The number of benzene rings is 1. The molecule has 2 rings (SSSR count). The van der Waals surface area contributed by atoms with Crippen LogP contribution in [0.2, 0.25) is 0 Å². The lowest BCUT2D eigenvalue weighted by Gasteiger charge is -2.12. The van der Waals surface area contributed by atoms with Gasteiger partial charge in [-0.05, 0) is 24.7 Å². The number of fused-ring (bicyclic) bond motifs is 1. The number of oxazole rings is 1. The maximum atomic E-state index is 5.50. The van der Waals surface area contributed by atoms with Crippen LogP contribution in [-0.2, 0) is 6.54 Å². The number of hydrogen-bond donors (Lipinski definition) is 1. The van der Waals surface area contributed by atoms with Gasteiger partial charge in [-0.25, -0.2) is 4.98 Å². The summed E-state index contributed by atoms with van der Waals surface area (Å²) in [7, 11) is 1.98. The van der Waals surface area contributed by atoms with E-state index >= 15 is 0 Å². The predicted octanol–water partition coefficient (Wildman–Crippen LogP) is 1.18. The second kappa shape index (κ2) is 3.77. The fraction of sp³-hybridized carbons (Fsp3) is 0.300. The minimum Gasteiger partial charge on any atom is -0.443 e. The topological polar surface area (TPSA) is 55.3 Å². The third-order valence-corrected chi connectivity index (χ3v) is 2.16. The minimum atomic E-state index is 0.550. The highest BCUT2D eigenvalue weighted by Crippen LogP contribution is 2.14. The van der Waals surface area contributed by atoms with Gasteiger partial charge >= 0.3 is 0 Å². The third kappa shape index (κ3) is 1.76. The van der Waals surface area contributed by atoms with E-state index in [1.165, 1.54) is 12.0 Å². The molecule has 1 heterocycles. The van der Waals surface area contributed by atoms with Crippen molar-refractivity contribution < 1.29 is 4.42 Å². The molecule has 0 atom stereocenters. The Bertz CT molecular complexity index is 424.